The molecule has 3 aliphatic rings. The normalized spacial score (nSPS) is 18.2. The van der Waals surface area contributed by atoms with Crippen LogP contribution in [0.4, 0.5) is 16.3 Å². The van der Waals surface area contributed by atoms with Crippen LogP contribution in [0.2, 0.25) is 0 Å². The largest absolute Gasteiger partial charge is 0.497 e. The molecule has 2 aromatic heterocycles. The van der Waals surface area contributed by atoms with Crippen LogP contribution >= 0.6 is 0 Å². The van der Waals surface area contributed by atoms with E-state index in [-0.39, 0.29) is 18.0 Å². The summed E-state index contributed by atoms with van der Waals surface area (Å²) in [5.41, 5.74) is 4.63. The van der Waals surface area contributed by atoms with Crippen LogP contribution in [0.15, 0.2) is 36.8 Å². The molecule has 1 aromatic carbocycles. The molecule has 0 bridgehead atoms. The van der Waals surface area contributed by atoms with Gasteiger partial charge in [-0.25, -0.2) is 14.8 Å². The molecule has 3 amide bonds. The van der Waals surface area contributed by atoms with Gasteiger partial charge in [0, 0.05) is 62.6 Å². The Morgan fingerprint density at radius 2 is 1.82 bits per heavy atom. The SMILES string of the molecule is COc1ccc2c(c1)CCN(C1CCN(c3cc(C(=O)N4CCc5cn[nH]c5CC4)ncn3)CC1)C(=O)N2. The number of aromatic amines is 1. The number of amides is 3. The lowest BCUT2D eigenvalue weighted by molar-refractivity contribution is 0.0756. The number of aromatic nitrogens is 4. The molecule has 198 valence electrons. The van der Waals surface area contributed by atoms with Gasteiger partial charge in [0.1, 0.15) is 23.6 Å². The van der Waals surface area contributed by atoms with E-state index in [9.17, 15) is 9.59 Å². The van der Waals surface area contributed by atoms with Gasteiger partial charge in [-0.1, -0.05) is 0 Å². The van der Waals surface area contributed by atoms with Crippen molar-refractivity contribution in [1.29, 1.82) is 0 Å². The van der Waals surface area contributed by atoms with Crippen molar-refractivity contribution in [2.75, 3.05) is 50.1 Å². The standard InChI is InChI=1S/C27H32N8O3/c1-38-21-2-3-22-18(14-21)5-13-35(27(37)31-22)20-6-10-33(11-7-20)25-15-24(28-17-29-25)26(36)34-9-4-19-16-30-32-23(19)8-12-34/h2-3,14-17,20H,4-13H2,1H3,(H,30,32)(H,31,37). The maximum absolute atomic E-state index is 13.3. The second kappa shape index (κ2) is 10.3. The van der Waals surface area contributed by atoms with E-state index >= 15 is 0 Å². The number of benzene rings is 1. The summed E-state index contributed by atoms with van der Waals surface area (Å²) in [4.78, 5) is 41.1. The second-order valence-electron chi connectivity index (χ2n) is 10.0. The Morgan fingerprint density at radius 3 is 2.66 bits per heavy atom. The molecule has 0 saturated carbocycles. The zero-order valence-electron chi connectivity index (χ0n) is 21.5. The quantitative estimate of drug-likeness (QED) is 0.547. The Balaban J connectivity index is 1.08. The predicted molar refractivity (Wildman–Crippen MR) is 142 cm³/mol. The summed E-state index contributed by atoms with van der Waals surface area (Å²) in [7, 11) is 1.65. The number of nitrogens with one attached hydrogen (secondary N) is 2. The molecule has 3 aromatic rings. The van der Waals surface area contributed by atoms with Gasteiger partial charge in [-0.05, 0) is 55.0 Å². The highest BCUT2D eigenvalue weighted by Gasteiger charge is 2.31. The maximum atomic E-state index is 13.3. The molecular formula is C27H32N8O3. The summed E-state index contributed by atoms with van der Waals surface area (Å²) in [5, 5.41) is 10.2. The molecule has 38 heavy (non-hydrogen) atoms. The fourth-order valence-electron chi connectivity index (χ4n) is 5.70. The number of carbonyl (C=O) groups excluding carboxylic acids is 2. The number of urea groups is 1. The van der Waals surface area contributed by atoms with Crippen molar-refractivity contribution in [2.24, 2.45) is 0 Å². The van der Waals surface area contributed by atoms with Gasteiger partial charge in [-0.15, -0.1) is 0 Å². The van der Waals surface area contributed by atoms with Crippen LogP contribution in [0.5, 0.6) is 5.75 Å². The van der Waals surface area contributed by atoms with Gasteiger partial charge in [0.15, 0.2) is 0 Å². The highest BCUT2D eigenvalue weighted by Crippen LogP contribution is 2.28. The number of methoxy groups -OCH3 is 1. The molecule has 5 heterocycles. The zero-order valence-corrected chi connectivity index (χ0v) is 21.5. The van der Waals surface area contributed by atoms with Crippen LogP contribution < -0.4 is 15.0 Å². The van der Waals surface area contributed by atoms with E-state index in [1.165, 1.54) is 11.9 Å². The predicted octanol–water partition coefficient (Wildman–Crippen LogP) is 2.51. The average molecular weight is 517 g/mol. The number of fused-ring (bicyclic) bond motifs is 2. The van der Waals surface area contributed by atoms with Crippen LogP contribution in [0.3, 0.4) is 0 Å². The van der Waals surface area contributed by atoms with E-state index in [1.807, 2.05) is 34.2 Å². The Hall–Kier alpha value is -4.15. The fraction of sp³-hybridized carbons (Fsp3) is 0.444. The number of hydrogen-bond acceptors (Lipinski definition) is 7. The van der Waals surface area contributed by atoms with Crippen molar-refractivity contribution in [3.8, 4) is 5.75 Å². The fourth-order valence-corrected chi connectivity index (χ4v) is 5.70. The van der Waals surface area contributed by atoms with Gasteiger partial charge in [0.05, 0.1) is 13.3 Å². The van der Waals surface area contributed by atoms with E-state index < -0.39 is 0 Å². The molecule has 1 saturated heterocycles. The second-order valence-corrected chi connectivity index (χ2v) is 10.0. The van der Waals surface area contributed by atoms with Crippen LogP contribution in [0.25, 0.3) is 0 Å². The number of nitrogens with zero attached hydrogens (tertiary/aromatic N) is 6. The van der Waals surface area contributed by atoms with Crippen LogP contribution in [-0.2, 0) is 19.3 Å². The highest BCUT2D eigenvalue weighted by atomic mass is 16.5. The molecule has 3 aliphatic heterocycles. The number of ether oxygens (including phenoxy) is 1. The van der Waals surface area contributed by atoms with Gasteiger partial charge in [0.2, 0.25) is 0 Å². The maximum Gasteiger partial charge on any atom is 0.322 e. The minimum atomic E-state index is -0.0703. The van der Waals surface area contributed by atoms with Crippen molar-refractivity contribution in [3.63, 3.8) is 0 Å². The molecule has 6 rings (SSSR count). The monoisotopic (exact) mass is 516 g/mol. The highest BCUT2D eigenvalue weighted by molar-refractivity contribution is 5.93. The lowest BCUT2D eigenvalue weighted by Gasteiger charge is -2.38. The smallest absolute Gasteiger partial charge is 0.322 e. The number of rotatable bonds is 4. The molecule has 0 atom stereocenters. The molecule has 0 spiro atoms. The first-order chi connectivity index (χ1) is 18.6. The number of H-pyrrole nitrogens is 1. The van der Waals surface area contributed by atoms with Gasteiger partial charge in [-0.2, -0.15) is 5.10 Å². The first-order valence-electron chi connectivity index (χ1n) is 13.2. The Bertz CT molecular complexity index is 1310. The number of piperidine rings is 1. The van der Waals surface area contributed by atoms with E-state index in [0.29, 0.717) is 25.3 Å². The first kappa shape index (κ1) is 24.2. The summed E-state index contributed by atoms with van der Waals surface area (Å²) in [6.45, 7) is 3.45. The summed E-state index contributed by atoms with van der Waals surface area (Å²) >= 11 is 0. The zero-order chi connectivity index (χ0) is 26.1. The van der Waals surface area contributed by atoms with Crippen LogP contribution in [-0.4, -0.2) is 87.8 Å². The molecule has 1 fully saturated rings. The molecule has 11 nitrogen and oxygen atoms in total. The Kier molecular flexibility index (Phi) is 6.57. The summed E-state index contributed by atoms with van der Waals surface area (Å²) in [6.07, 6.45) is 7.31. The average Bonchev–Trinajstić information content (AvgIpc) is 3.22. The number of carbonyl (C=O) groups is 2. The molecule has 2 N–H and O–H groups in total. The summed E-state index contributed by atoms with van der Waals surface area (Å²) in [6, 6.07) is 7.67. The third-order valence-corrected chi connectivity index (χ3v) is 7.92. The Labute approximate surface area is 221 Å². The summed E-state index contributed by atoms with van der Waals surface area (Å²) < 4.78 is 5.35. The minimum absolute atomic E-state index is 0.0540. The lowest BCUT2D eigenvalue weighted by Crippen LogP contribution is -2.49. The van der Waals surface area contributed by atoms with Crippen molar-refractivity contribution < 1.29 is 14.3 Å². The van der Waals surface area contributed by atoms with Gasteiger partial charge >= 0.3 is 6.03 Å². The van der Waals surface area contributed by atoms with Crippen molar-refractivity contribution in [3.05, 3.63) is 59.3 Å². The van der Waals surface area contributed by atoms with Gasteiger partial charge < -0.3 is 24.8 Å². The molecular weight excluding hydrogens is 484 g/mol. The number of anilines is 2. The van der Waals surface area contributed by atoms with Crippen LogP contribution in [0, 0.1) is 0 Å². The van der Waals surface area contributed by atoms with E-state index in [0.717, 1.165) is 73.7 Å². The lowest BCUT2D eigenvalue weighted by atomic mass is 10.0. The molecule has 11 heteroatoms. The van der Waals surface area contributed by atoms with Crippen LogP contribution in [0.1, 0.15) is 40.2 Å². The topological polar surface area (TPSA) is 120 Å². The van der Waals surface area contributed by atoms with E-state index in [1.54, 1.807) is 13.2 Å². The van der Waals surface area contributed by atoms with E-state index in [4.69, 9.17) is 4.74 Å². The van der Waals surface area contributed by atoms with Gasteiger partial charge in [-0.3, -0.25) is 9.89 Å². The Morgan fingerprint density at radius 1 is 1.00 bits per heavy atom. The number of hydrogen-bond donors (Lipinski definition) is 2. The van der Waals surface area contributed by atoms with Crippen molar-refractivity contribution in [2.45, 2.75) is 38.1 Å². The van der Waals surface area contributed by atoms with E-state index in [2.05, 4.69) is 30.4 Å². The first-order valence-corrected chi connectivity index (χ1v) is 13.2. The third kappa shape index (κ3) is 4.75. The van der Waals surface area contributed by atoms with Crippen molar-refractivity contribution in [1.82, 2.24) is 30.0 Å². The molecule has 0 unspecified atom stereocenters. The molecule has 0 aliphatic carbocycles. The molecule has 0 radical (unpaired) electrons. The van der Waals surface area contributed by atoms with Crippen molar-refractivity contribution >= 4 is 23.4 Å². The minimum Gasteiger partial charge on any atom is -0.497 e. The third-order valence-electron chi connectivity index (χ3n) is 7.92. The van der Waals surface area contributed by atoms with Gasteiger partial charge in [0.25, 0.3) is 5.91 Å². The summed E-state index contributed by atoms with van der Waals surface area (Å²) in [5.74, 6) is 1.48.